The van der Waals surface area contributed by atoms with E-state index in [1.807, 2.05) is 0 Å². The molecule has 2 nitrogen and oxygen atoms in total. The second-order valence-corrected chi connectivity index (χ2v) is 1.02. The Bertz CT molecular complexity index is 30.9. The molecule has 0 spiro atoms. The van der Waals surface area contributed by atoms with Crippen LogP contribution in [-0.4, -0.2) is 12.9 Å². The summed E-state index contributed by atoms with van der Waals surface area (Å²) in [5.74, 6) is 0. The smallest absolute Gasteiger partial charge is 0.831 e. The van der Waals surface area contributed by atoms with Crippen LogP contribution >= 0.6 is 0 Å². The summed E-state index contributed by atoms with van der Waals surface area (Å²) in [7, 11) is 0. The van der Waals surface area contributed by atoms with Gasteiger partial charge in [0.05, 0.1) is 0 Å². The van der Waals surface area contributed by atoms with Crippen molar-refractivity contribution in [2.24, 2.45) is 0 Å². The summed E-state index contributed by atoms with van der Waals surface area (Å²) in [6.45, 7) is 3.79. The van der Waals surface area contributed by atoms with Gasteiger partial charge in [0.25, 0.3) is 0 Å². The molecule has 1 unspecified atom stereocenters. The number of rotatable bonds is 2. The molecule has 0 aliphatic rings. The van der Waals surface area contributed by atoms with Crippen LogP contribution in [0.1, 0.15) is 13.8 Å². The summed E-state index contributed by atoms with van der Waals surface area (Å²) in [6.07, 6.45) is -0.852. The quantitative estimate of drug-likeness (QED) is 0.277. The standard InChI is InChI=1S/C4H9O2.Na/c1-3-6-4(2)5;/h4H,3H2,1-2H3;/q-1;+1. The maximum Gasteiger partial charge on any atom is 1.00 e. The van der Waals surface area contributed by atoms with E-state index in [0.717, 1.165) is 0 Å². The van der Waals surface area contributed by atoms with Crippen LogP contribution in [0.15, 0.2) is 0 Å². The normalized spacial score (nSPS) is 12.4. The molecule has 0 heterocycles. The van der Waals surface area contributed by atoms with E-state index in [-0.39, 0.29) is 29.6 Å². The van der Waals surface area contributed by atoms with Gasteiger partial charge in [-0.15, -0.1) is 0 Å². The molecule has 0 bridgehead atoms. The average Bonchev–Trinajstić information content (AvgIpc) is 1.35. The van der Waals surface area contributed by atoms with Gasteiger partial charge in [-0.1, -0.05) is 6.92 Å². The van der Waals surface area contributed by atoms with Crippen molar-refractivity contribution >= 4 is 0 Å². The minimum Gasteiger partial charge on any atom is -0.831 e. The third-order valence-electron chi connectivity index (χ3n) is 0.401. The first-order valence-electron chi connectivity index (χ1n) is 2.04. The van der Waals surface area contributed by atoms with Gasteiger partial charge in [-0.2, -0.15) is 0 Å². The second kappa shape index (κ2) is 6.92. The number of hydrogen-bond donors (Lipinski definition) is 0. The summed E-state index contributed by atoms with van der Waals surface area (Å²) in [5.41, 5.74) is 0. The van der Waals surface area contributed by atoms with Gasteiger partial charge in [0, 0.05) is 6.61 Å². The van der Waals surface area contributed by atoms with Crippen LogP contribution < -0.4 is 34.7 Å². The van der Waals surface area contributed by atoms with Crippen LogP contribution in [0.25, 0.3) is 0 Å². The molecule has 0 saturated heterocycles. The molecular weight excluding hydrogens is 103 g/mol. The van der Waals surface area contributed by atoms with Crippen molar-refractivity contribution in [3.05, 3.63) is 0 Å². The maximum atomic E-state index is 9.90. The van der Waals surface area contributed by atoms with Crippen LogP contribution in [0.4, 0.5) is 0 Å². The van der Waals surface area contributed by atoms with Gasteiger partial charge in [-0.05, 0) is 13.2 Å². The van der Waals surface area contributed by atoms with Gasteiger partial charge >= 0.3 is 29.6 Å². The Hall–Kier alpha value is 0.920. The van der Waals surface area contributed by atoms with Crippen molar-refractivity contribution in [2.45, 2.75) is 20.1 Å². The number of hydrogen-bond acceptors (Lipinski definition) is 2. The molecule has 0 N–H and O–H groups in total. The minimum atomic E-state index is -0.852. The van der Waals surface area contributed by atoms with E-state index in [1.165, 1.54) is 6.92 Å². The van der Waals surface area contributed by atoms with Gasteiger partial charge in [0.15, 0.2) is 0 Å². The summed E-state index contributed by atoms with van der Waals surface area (Å²) in [5, 5.41) is 9.90. The zero-order valence-electron chi connectivity index (χ0n) is 5.10. The van der Waals surface area contributed by atoms with Crippen molar-refractivity contribution in [1.82, 2.24) is 0 Å². The van der Waals surface area contributed by atoms with Gasteiger partial charge in [0.2, 0.25) is 0 Å². The molecule has 1 atom stereocenters. The molecule has 0 aliphatic carbocycles. The minimum absolute atomic E-state index is 0. The molecular formula is C4H9NaO2. The molecule has 3 heteroatoms. The third kappa shape index (κ3) is 10.9. The molecule has 0 fully saturated rings. The van der Waals surface area contributed by atoms with Gasteiger partial charge < -0.3 is 9.84 Å². The van der Waals surface area contributed by atoms with E-state index in [4.69, 9.17) is 0 Å². The molecule has 0 saturated carbocycles. The Morgan fingerprint density at radius 3 is 2.14 bits per heavy atom. The first-order chi connectivity index (χ1) is 2.77. The fraction of sp³-hybridized carbons (Fsp3) is 1.00. The first-order valence-corrected chi connectivity index (χ1v) is 2.04. The fourth-order valence-corrected chi connectivity index (χ4v) is 0.235. The second-order valence-electron chi connectivity index (χ2n) is 1.02. The predicted octanol–water partition coefficient (Wildman–Crippen LogP) is -3.27. The van der Waals surface area contributed by atoms with E-state index in [1.54, 1.807) is 6.92 Å². The first kappa shape index (κ1) is 10.8. The van der Waals surface area contributed by atoms with Crippen LogP contribution in [-0.2, 0) is 4.74 Å². The average molecular weight is 112 g/mol. The Morgan fingerprint density at radius 2 is 2.14 bits per heavy atom. The molecule has 7 heavy (non-hydrogen) atoms. The Labute approximate surface area is 66.2 Å². The van der Waals surface area contributed by atoms with Crippen molar-refractivity contribution in [3.63, 3.8) is 0 Å². The van der Waals surface area contributed by atoms with E-state index in [9.17, 15) is 5.11 Å². The zero-order valence-corrected chi connectivity index (χ0v) is 7.10. The number of ether oxygens (including phenoxy) is 1. The van der Waals surface area contributed by atoms with Crippen LogP contribution in [0.2, 0.25) is 0 Å². The molecule has 0 aliphatic heterocycles. The Balaban J connectivity index is 0. The Morgan fingerprint density at radius 1 is 1.71 bits per heavy atom. The monoisotopic (exact) mass is 112 g/mol. The third-order valence-corrected chi connectivity index (χ3v) is 0.401. The van der Waals surface area contributed by atoms with E-state index in [2.05, 4.69) is 4.74 Å². The van der Waals surface area contributed by atoms with Crippen molar-refractivity contribution in [1.29, 1.82) is 0 Å². The SMILES string of the molecule is CCOC(C)[O-].[Na+]. The molecule has 0 radical (unpaired) electrons. The van der Waals surface area contributed by atoms with Gasteiger partial charge in [0.1, 0.15) is 0 Å². The van der Waals surface area contributed by atoms with Gasteiger partial charge in [-0.3, -0.25) is 0 Å². The van der Waals surface area contributed by atoms with Gasteiger partial charge in [-0.25, -0.2) is 0 Å². The molecule has 38 valence electrons. The molecule has 0 rings (SSSR count). The fourth-order valence-electron chi connectivity index (χ4n) is 0.235. The van der Waals surface area contributed by atoms with E-state index < -0.39 is 6.29 Å². The van der Waals surface area contributed by atoms with Crippen molar-refractivity contribution in [2.75, 3.05) is 6.61 Å². The summed E-state index contributed by atoms with van der Waals surface area (Å²) in [4.78, 5) is 0. The van der Waals surface area contributed by atoms with Crippen molar-refractivity contribution in [3.8, 4) is 0 Å². The summed E-state index contributed by atoms with van der Waals surface area (Å²) in [6, 6.07) is 0. The predicted molar refractivity (Wildman–Crippen MR) is 21.1 cm³/mol. The molecule has 0 aromatic carbocycles. The topological polar surface area (TPSA) is 32.3 Å². The zero-order chi connectivity index (χ0) is 4.99. The largest absolute Gasteiger partial charge is 1.00 e. The molecule has 0 aromatic heterocycles. The maximum absolute atomic E-state index is 9.90. The Kier molecular flexibility index (Phi) is 10.7. The molecule has 0 aromatic rings. The molecule has 0 amide bonds. The van der Waals surface area contributed by atoms with Crippen LogP contribution in [0.3, 0.4) is 0 Å². The van der Waals surface area contributed by atoms with Crippen LogP contribution in [0, 0.1) is 0 Å². The summed E-state index contributed by atoms with van der Waals surface area (Å²) >= 11 is 0. The van der Waals surface area contributed by atoms with E-state index >= 15 is 0 Å². The van der Waals surface area contributed by atoms with Crippen molar-refractivity contribution < 1.29 is 39.4 Å². The summed E-state index contributed by atoms with van der Waals surface area (Å²) < 4.78 is 4.49. The van der Waals surface area contributed by atoms with Crippen LogP contribution in [0.5, 0.6) is 0 Å². The van der Waals surface area contributed by atoms with E-state index in [0.29, 0.717) is 6.61 Å².